The van der Waals surface area contributed by atoms with Gasteiger partial charge in [-0.15, -0.1) is 0 Å². The van der Waals surface area contributed by atoms with Crippen LogP contribution in [0.2, 0.25) is 0 Å². The van der Waals surface area contributed by atoms with E-state index in [4.69, 9.17) is 0 Å². The molecule has 1 atom stereocenters. The van der Waals surface area contributed by atoms with Crippen molar-refractivity contribution >= 4 is 32.6 Å². The summed E-state index contributed by atoms with van der Waals surface area (Å²) in [7, 11) is -4.00. The van der Waals surface area contributed by atoms with Crippen LogP contribution in [-0.4, -0.2) is 65.7 Å². The Hall–Kier alpha value is -4.66. The average molecular weight is 688 g/mol. The number of sulfone groups is 1. The molecule has 2 aliphatic rings. The van der Waals surface area contributed by atoms with E-state index in [1.54, 1.807) is 24.0 Å². The summed E-state index contributed by atoms with van der Waals surface area (Å²) in [6.07, 6.45) is -0.715. The molecule has 4 aromatic rings. The third-order valence-corrected chi connectivity index (χ3v) is 10.1. The molecule has 1 saturated carbocycles. The van der Waals surface area contributed by atoms with Crippen LogP contribution in [0.5, 0.6) is 0 Å². The molecular weight excluding hydrogens is 657 g/mol. The number of halogens is 5. The summed E-state index contributed by atoms with van der Waals surface area (Å²) < 4.78 is 99.6. The standard InChI is InChI=1S/C33H30F5N5O4S/c1-4-27(44)41-13-14-42(18(2)17-41)30-23-16-25(35)28(22-12-11-20(34)15-24(22)33(36,37)38)39-31(23)43(32(45)40-30)29-21(19-7-5-8-19)9-6-10-26(29)48(3,46)47/h4,6,9-12,15-16,18-19H,1,5,7-8,13-14,17H2,2-3H3/t18-/m0/s1. The summed E-state index contributed by atoms with van der Waals surface area (Å²) in [5.41, 5.74) is -3.98. The Balaban J connectivity index is 1.70. The van der Waals surface area contributed by atoms with Crippen LogP contribution in [0.25, 0.3) is 28.0 Å². The van der Waals surface area contributed by atoms with Crippen molar-refractivity contribution in [2.45, 2.75) is 49.2 Å². The van der Waals surface area contributed by atoms with Gasteiger partial charge >= 0.3 is 11.9 Å². The van der Waals surface area contributed by atoms with Crippen molar-refractivity contribution in [3.8, 4) is 16.9 Å². The fourth-order valence-corrected chi connectivity index (χ4v) is 7.29. The Morgan fingerprint density at radius 1 is 1.06 bits per heavy atom. The monoisotopic (exact) mass is 687 g/mol. The smallest absolute Gasteiger partial charge is 0.350 e. The molecule has 0 unspecified atom stereocenters. The van der Waals surface area contributed by atoms with Gasteiger partial charge in [0.2, 0.25) is 5.91 Å². The van der Waals surface area contributed by atoms with Crippen molar-refractivity contribution in [2.24, 2.45) is 0 Å². The van der Waals surface area contributed by atoms with E-state index in [-0.39, 0.29) is 65.0 Å². The first-order valence-electron chi connectivity index (χ1n) is 15.1. The molecule has 0 spiro atoms. The van der Waals surface area contributed by atoms with Crippen molar-refractivity contribution in [1.82, 2.24) is 19.4 Å². The van der Waals surface area contributed by atoms with Gasteiger partial charge in [0.25, 0.3) is 0 Å². The Morgan fingerprint density at radius 3 is 2.40 bits per heavy atom. The highest BCUT2D eigenvalue weighted by atomic mass is 32.2. The number of hydrogen-bond donors (Lipinski definition) is 0. The Labute approximate surface area is 272 Å². The van der Waals surface area contributed by atoms with E-state index in [0.29, 0.717) is 18.4 Å². The number of nitrogens with zero attached hydrogens (tertiary/aromatic N) is 5. The maximum Gasteiger partial charge on any atom is 0.417 e. The molecule has 9 nitrogen and oxygen atoms in total. The van der Waals surface area contributed by atoms with Crippen LogP contribution in [-0.2, 0) is 20.8 Å². The number of piperazine rings is 1. The molecule has 15 heteroatoms. The maximum absolute atomic E-state index is 16.1. The second-order valence-corrected chi connectivity index (χ2v) is 14.0. The molecule has 3 heterocycles. The predicted molar refractivity (Wildman–Crippen MR) is 169 cm³/mol. The van der Waals surface area contributed by atoms with Gasteiger partial charge in [-0.05, 0) is 67.7 Å². The number of carbonyl (C=O) groups excluding carboxylic acids is 1. The topological polar surface area (TPSA) is 105 Å². The van der Waals surface area contributed by atoms with Gasteiger partial charge in [-0.25, -0.2) is 31.5 Å². The van der Waals surface area contributed by atoms with Gasteiger partial charge in [-0.2, -0.15) is 18.2 Å². The molecule has 0 radical (unpaired) electrons. The van der Waals surface area contributed by atoms with Crippen molar-refractivity contribution < 1.29 is 35.2 Å². The summed E-state index contributed by atoms with van der Waals surface area (Å²) in [6.45, 7) is 5.80. The Kier molecular flexibility index (Phi) is 8.38. The molecule has 1 amide bonds. The minimum Gasteiger partial charge on any atom is -0.350 e. The number of carbonyl (C=O) groups is 1. The summed E-state index contributed by atoms with van der Waals surface area (Å²) >= 11 is 0. The van der Waals surface area contributed by atoms with Crippen LogP contribution in [0.15, 0.2) is 64.8 Å². The van der Waals surface area contributed by atoms with Gasteiger partial charge in [0.15, 0.2) is 15.5 Å². The number of benzene rings is 2. The largest absolute Gasteiger partial charge is 0.417 e. The minimum atomic E-state index is -5.10. The number of anilines is 1. The second-order valence-electron chi connectivity index (χ2n) is 12.1. The fraction of sp³-hybridized carbons (Fsp3) is 0.333. The van der Waals surface area contributed by atoms with Crippen LogP contribution in [0.4, 0.5) is 27.8 Å². The number of hydrogen-bond acceptors (Lipinski definition) is 7. The first-order chi connectivity index (χ1) is 22.6. The van der Waals surface area contributed by atoms with E-state index in [0.717, 1.165) is 35.4 Å². The quantitative estimate of drug-likeness (QED) is 0.191. The van der Waals surface area contributed by atoms with E-state index in [2.05, 4.69) is 16.5 Å². The molecule has 1 saturated heterocycles. The number of aromatic nitrogens is 3. The molecular formula is C33H30F5N5O4S. The van der Waals surface area contributed by atoms with E-state index < -0.39 is 56.2 Å². The van der Waals surface area contributed by atoms with E-state index in [1.165, 1.54) is 17.0 Å². The van der Waals surface area contributed by atoms with Crippen LogP contribution in [0.3, 0.4) is 0 Å². The van der Waals surface area contributed by atoms with Crippen molar-refractivity contribution in [3.05, 3.63) is 88.4 Å². The van der Waals surface area contributed by atoms with Crippen molar-refractivity contribution in [2.75, 3.05) is 30.8 Å². The van der Waals surface area contributed by atoms with Gasteiger partial charge in [0.1, 0.15) is 23.1 Å². The van der Waals surface area contributed by atoms with E-state index in [1.807, 2.05) is 0 Å². The molecule has 2 aromatic carbocycles. The molecule has 1 aliphatic heterocycles. The van der Waals surface area contributed by atoms with Gasteiger partial charge in [-0.3, -0.25) is 4.79 Å². The summed E-state index contributed by atoms with van der Waals surface area (Å²) in [5.74, 6) is -2.90. The first-order valence-corrected chi connectivity index (χ1v) is 17.0. The lowest BCUT2D eigenvalue weighted by Crippen LogP contribution is -2.54. The molecule has 6 rings (SSSR count). The van der Waals surface area contributed by atoms with Crippen LogP contribution < -0.4 is 10.6 Å². The third kappa shape index (κ3) is 5.84. The number of para-hydroxylation sites is 1. The molecule has 2 aromatic heterocycles. The second kappa shape index (κ2) is 12.1. The molecule has 0 N–H and O–H groups in total. The fourth-order valence-electron chi connectivity index (χ4n) is 6.40. The van der Waals surface area contributed by atoms with E-state index >= 15 is 4.39 Å². The lowest BCUT2D eigenvalue weighted by Gasteiger charge is -2.40. The maximum atomic E-state index is 16.1. The first kappa shape index (κ1) is 33.2. The average Bonchev–Trinajstić information content (AvgIpc) is 2.99. The van der Waals surface area contributed by atoms with Crippen LogP contribution in [0, 0.1) is 11.6 Å². The van der Waals surface area contributed by atoms with Gasteiger partial charge in [0, 0.05) is 37.5 Å². The molecule has 48 heavy (non-hydrogen) atoms. The van der Waals surface area contributed by atoms with E-state index in [9.17, 15) is 35.6 Å². The number of amides is 1. The Morgan fingerprint density at radius 2 is 1.79 bits per heavy atom. The van der Waals surface area contributed by atoms with Crippen molar-refractivity contribution in [3.63, 3.8) is 0 Å². The lowest BCUT2D eigenvalue weighted by atomic mass is 9.79. The summed E-state index contributed by atoms with van der Waals surface area (Å²) in [6, 6.07) is 6.68. The van der Waals surface area contributed by atoms with Gasteiger partial charge < -0.3 is 9.80 Å². The summed E-state index contributed by atoms with van der Waals surface area (Å²) in [5, 5.41) is -0.0790. The molecule has 2 fully saturated rings. The highest BCUT2D eigenvalue weighted by Gasteiger charge is 2.37. The SMILES string of the molecule is C=CC(=O)N1CCN(c2nc(=O)n(-c3c(C4CCC4)cccc3S(C)(=O)=O)c3nc(-c4ccc(F)cc4C(F)(F)F)c(F)cc23)[C@@H](C)C1. The number of fused-ring (bicyclic) bond motifs is 1. The molecule has 1 aliphatic carbocycles. The minimum absolute atomic E-state index is 0.0421. The van der Waals surface area contributed by atoms with Crippen LogP contribution in [0.1, 0.15) is 43.2 Å². The Bertz CT molecular complexity index is 2150. The molecule has 0 bridgehead atoms. The van der Waals surface area contributed by atoms with Gasteiger partial charge in [-0.1, -0.05) is 25.1 Å². The highest BCUT2D eigenvalue weighted by molar-refractivity contribution is 7.90. The predicted octanol–water partition coefficient (Wildman–Crippen LogP) is 5.64. The zero-order valence-corrected chi connectivity index (χ0v) is 26.7. The summed E-state index contributed by atoms with van der Waals surface area (Å²) in [4.78, 5) is 38.1. The number of pyridine rings is 1. The van der Waals surface area contributed by atoms with Gasteiger partial charge in [0.05, 0.1) is 21.5 Å². The zero-order chi connectivity index (χ0) is 34.7. The highest BCUT2D eigenvalue weighted by Crippen LogP contribution is 2.43. The zero-order valence-electron chi connectivity index (χ0n) is 25.9. The lowest BCUT2D eigenvalue weighted by molar-refractivity contribution is -0.137. The van der Waals surface area contributed by atoms with Crippen molar-refractivity contribution in [1.29, 1.82) is 0 Å². The number of alkyl halides is 3. The third-order valence-electron chi connectivity index (χ3n) is 8.93. The van der Waals surface area contributed by atoms with Crippen LogP contribution >= 0.6 is 0 Å². The number of rotatable bonds is 6. The molecule has 252 valence electrons. The normalized spacial score (nSPS) is 17.4.